The highest BCUT2D eigenvalue weighted by atomic mass is 16.5. The van der Waals surface area contributed by atoms with Crippen LogP contribution in [0.3, 0.4) is 0 Å². The van der Waals surface area contributed by atoms with Gasteiger partial charge in [0, 0.05) is 18.2 Å². The van der Waals surface area contributed by atoms with E-state index in [-0.39, 0.29) is 18.6 Å². The summed E-state index contributed by atoms with van der Waals surface area (Å²) < 4.78 is 5.52. The van der Waals surface area contributed by atoms with Gasteiger partial charge in [0.15, 0.2) is 6.61 Å². The van der Waals surface area contributed by atoms with Crippen molar-refractivity contribution in [3.8, 4) is 5.75 Å². The number of carbonyl (C=O) groups is 1. The lowest BCUT2D eigenvalue weighted by Crippen LogP contribution is -2.28. The van der Waals surface area contributed by atoms with E-state index in [9.17, 15) is 4.79 Å². The summed E-state index contributed by atoms with van der Waals surface area (Å²) >= 11 is 0. The molecule has 1 rings (SSSR count). The molecule has 0 aliphatic heterocycles. The highest BCUT2D eigenvalue weighted by molar-refractivity contribution is 5.77. The monoisotopic (exact) mass is 236 g/mol. The van der Waals surface area contributed by atoms with Gasteiger partial charge >= 0.3 is 0 Å². The molecule has 0 fully saturated rings. The number of benzene rings is 1. The van der Waals surface area contributed by atoms with E-state index in [2.05, 4.69) is 10.6 Å². The molecule has 17 heavy (non-hydrogen) atoms. The lowest BCUT2D eigenvalue weighted by atomic mass is 10.1. The molecule has 4 heteroatoms. The molecule has 1 unspecified atom stereocenters. The smallest absolute Gasteiger partial charge is 0.257 e. The maximum absolute atomic E-state index is 11.3. The Hall–Kier alpha value is -1.55. The van der Waals surface area contributed by atoms with Gasteiger partial charge in [-0.3, -0.25) is 4.79 Å². The topological polar surface area (TPSA) is 50.4 Å². The molecule has 0 spiro atoms. The van der Waals surface area contributed by atoms with E-state index < -0.39 is 0 Å². The van der Waals surface area contributed by atoms with Crippen LogP contribution in [0.4, 0.5) is 0 Å². The summed E-state index contributed by atoms with van der Waals surface area (Å²) in [6.07, 6.45) is 0. The maximum Gasteiger partial charge on any atom is 0.257 e. The molecular formula is C13H20N2O2. The van der Waals surface area contributed by atoms with Gasteiger partial charge < -0.3 is 15.4 Å². The first-order chi connectivity index (χ1) is 8.19. The molecule has 0 saturated carbocycles. The van der Waals surface area contributed by atoms with Gasteiger partial charge in [-0.15, -0.1) is 0 Å². The van der Waals surface area contributed by atoms with Crippen LogP contribution in [-0.2, 0) is 4.79 Å². The predicted octanol–water partition coefficient (Wildman–Crippen LogP) is 1.48. The standard InChI is InChI=1S/C13H20N2O2/c1-4-15-13(16)9-17-12-8-6-5-7-11(12)10(2)14-3/h5-8,10,14H,4,9H2,1-3H3,(H,15,16). The molecule has 0 heterocycles. The van der Waals surface area contributed by atoms with E-state index >= 15 is 0 Å². The van der Waals surface area contributed by atoms with E-state index in [1.165, 1.54) is 0 Å². The van der Waals surface area contributed by atoms with Crippen molar-refractivity contribution in [2.75, 3.05) is 20.2 Å². The van der Waals surface area contributed by atoms with Crippen LogP contribution in [0.1, 0.15) is 25.5 Å². The van der Waals surface area contributed by atoms with Gasteiger partial charge in [0.25, 0.3) is 5.91 Å². The minimum absolute atomic E-state index is 0.0568. The fourth-order valence-corrected chi connectivity index (χ4v) is 1.52. The second-order valence-electron chi connectivity index (χ2n) is 3.79. The van der Waals surface area contributed by atoms with Gasteiger partial charge in [0.2, 0.25) is 0 Å². The zero-order valence-electron chi connectivity index (χ0n) is 10.6. The number of amides is 1. The van der Waals surface area contributed by atoms with Gasteiger partial charge in [-0.25, -0.2) is 0 Å². The number of carbonyl (C=O) groups excluding carboxylic acids is 1. The SMILES string of the molecule is CCNC(=O)COc1ccccc1C(C)NC. The molecule has 1 aromatic rings. The van der Waals surface area contributed by atoms with Crippen molar-refractivity contribution < 1.29 is 9.53 Å². The minimum atomic E-state index is -0.0978. The Labute approximate surface area is 102 Å². The second kappa shape index (κ2) is 6.91. The molecule has 0 radical (unpaired) electrons. The molecule has 4 nitrogen and oxygen atoms in total. The summed E-state index contributed by atoms with van der Waals surface area (Å²) in [6, 6.07) is 7.93. The zero-order valence-corrected chi connectivity index (χ0v) is 10.6. The molecule has 1 amide bonds. The normalized spacial score (nSPS) is 11.9. The Morgan fingerprint density at radius 2 is 2.12 bits per heavy atom. The number of nitrogens with one attached hydrogen (secondary N) is 2. The Morgan fingerprint density at radius 1 is 1.41 bits per heavy atom. The minimum Gasteiger partial charge on any atom is -0.483 e. The van der Waals surface area contributed by atoms with Gasteiger partial charge in [-0.2, -0.15) is 0 Å². The highest BCUT2D eigenvalue weighted by Gasteiger charge is 2.10. The molecule has 0 bridgehead atoms. The van der Waals surface area contributed by atoms with E-state index in [1.54, 1.807) is 0 Å². The first kappa shape index (κ1) is 13.5. The quantitative estimate of drug-likeness (QED) is 0.786. The van der Waals surface area contributed by atoms with Crippen LogP contribution in [0.2, 0.25) is 0 Å². The third kappa shape index (κ3) is 4.07. The molecule has 0 aliphatic rings. The largest absolute Gasteiger partial charge is 0.483 e. The predicted molar refractivity (Wildman–Crippen MR) is 68.1 cm³/mol. The third-order valence-electron chi connectivity index (χ3n) is 2.55. The van der Waals surface area contributed by atoms with Crippen molar-refractivity contribution in [1.29, 1.82) is 0 Å². The van der Waals surface area contributed by atoms with Gasteiger partial charge in [0.1, 0.15) is 5.75 Å². The zero-order chi connectivity index (χ0) is 12.7. The van der Waals surface area contributed by atoms with Crippen LogP contribution >= 0.6 is 0 Å². The van der Waals surface area contributed by atoms with E-state index in [0.29, 0.717) is 6.54 Å². The number of hydrogen-bond donors (Lipinski definition) is 2. The Bertz CT molecular complexity index is 366. The molecular weight excluding hydrogens is 216 g/mol. The van der Waals surface area contributed by atoms with E-state index in [4.69, 9.17) is 4.74 Å². The number of hydrogen-bond acceptors (Lipinski definition) is 3. The van der Waals surface area contributed by atoms with Crippen LogP contribution in [0.15, 0.2) is 24.3 Å². The van der Waals surface area contributed by atoms with Crippen molar-refractivity contribution >= 4 is 5.91 Å². The number of para-hydroxylation sites is 1. The van der Waals surface area contributed by atoms with Crippen LogP contribution in [0, 0.1) is 0 Å². The summed E-state index contributed by atoms with van der Waals surface area (Å²) in [5, 5.41) is 5.85. The Morgan fingerprint density at radius 3 is 2.76 bits per heavy atom. The van der Waals surface area contributed by atoms with Crippen LogP contribution in [0.5, 0.6) is 5.75 Å². The number of likely N-dealkylation sites (N-methyl/N-ethyl adjacent to an activating group) is 1. The summed E-state index contributed by atoms with van der Waals surface area (Å²) in [6.45, 7) is 4.61. The molecule has 0 aliphatic carbocycles. The van der Waals surface area contributed by atoms with Gasteiger partial charge in [-0.05, 0) is 27.0 Å². The molecule has 0 saturated heterocycles. The van der Waals surface area contributed by atoms with Crippen LogP contribution < -0.4 is 15.4 Å². The summed E-state index contributed by atoms with van der Waals surface area (Å²) in [4.78, 5) is 11.3. The van der Waals surface area contributed by atoms with Gasteiger partial charge in [0.05, 0.1) is 0 Å². The summed E-state index contributed by atoms with van der Waals surface area (Å²) in [7, 11) is 1.89. The fraction of sp³-hybridized carbons (Fsp3) is 0.462. The molecule has 1 aromatic carbocycles. The third-order valence-corrected chi connectivity index (χ3v) is 2.55. The van der Waals surface area contributed by atoms with Crippen molar-refractivity contribution in [1.82, 2.24) is 10.6 Å². The molecule has 2 N–H and O–H groups in total. The van der Waals surface area contributed by atoms with E-state index in [0.717, 1.165) is 11.3 Å². The summed E-state index contributed by atoms with van der Waals surface area (Å²) in [5.41, 5.74) is 1.05. The lowest BCUT2D eigenvalue weighted by molar-refractivity contribution is -0.123. The van der Waals surface area contributed by atoms with Gasteiger partial charge in [-0.1, -0.05) is 18.2 Å². The average Bonchev–Trinajstić information content (AvgIpc) is 2.36. The van der Waals surface area contributed by atoms with Crippen molar-refractivity contribution in [2.45, 2.75) is 19.9 Å². The maximum atomic E-state index is 11.3. The number of rotatable bonds is 6. The van der Waals surface area contributed by atoms with Crippen molar-refractivity contribution in [2.24, 2.45) is 0 Å². The lowest BCUT2D eigenvalue weighted by Gasteiger charge is -2.16. The van der Waals surface area contributed by atoms with E-state index in [1.807, 2.05) is 45.2 Å². The molecule has 94 valence electrons. The Kier molecular flexibility index (Phi) is 5.49. The first-order valence-corrected chi connectivity index (χ1v) is 5.84. The fourth-order valence-electron chi connectivity index (χ4n) is 1.52. The molecule has 1 atom stereocenters. The second-order valence-corrected chi connectivity index (χ2v) is 3.79. The summed E-state index contributed by atoms with van der Waals surface area (Å²) in [5.74, 6) is 0.653. The molecule has 0 aromatic heterocycles. The average molecular weight is 236 g/mol. The first-order valence-electron chi connectivity index (χ1n) is 5.84. The Balaban J connectivity index is 2.67. The van der Waals surface area contributed by atoms with Crippen molar-refractivity contribution in [3.05, 3.63) is 29.8 Å². The number of ether oxygens (including phenoxy) is 1. The highest BCUT2D eigenvalue weighted by Crippen LogP contribution is 2.24. The van der Waals surface area contributed by atoms with Crippen LogP contribution in [0.25, 0.3) is 0 Å². The van der Waals surface area contributed by atoms with Crippen LogP contribution in [-0.4, -0.2) is 26.1 Å². The van der Waals surface area contributed by atoms with Crippen molar-refractivity contribution in [3.63, 3.8) is 0 Å².